The van der Waals surface area contributed by atoms with E-state index in [2.05, 4.69) is 156 Å². The summed E-state index contributed by atoms with van der Waals surface area (Å²) in [7, 11) is 0. The van der Waals surface area contributed by atoms with Crippen molar-refractivity contribution in [3.63, 3.8) is 0 Å². The highest BCUT2D eigenvalue weighted by atomic mass is 32.1. The fourth-order valence-corrected chi connectivity index (χ4v) is 12.5. The van der Waals surface area contributed by atoms with Crippen molar-refractivity contribution < 1.29 is 0 Å². The fourth-order valence-electron chi connectivity index (χ4n) is 8.91. The minimum absolute atomic E-state index is 0.661. The van der Waals surface area contributed by atoms with E-state index in [9.17, 15) is 0 Å². The van der Waals surface area contributed by atoms with E-state index < -0.39 is 0 Å². The fraction of sp³-hybridized carbons (Fsp3) is 0. The molecule has 5 heterocycles. The molecule has 0 atom stereocenters. The van der Waals surface area contributed by atoms with Crippen molar-refractivity contribution in [1.29, 1.82) is 0 Å². The summed E-state index contributed by atoms with van der Waals surface area (Å²) < 4.78 is 9.97. The Balaban J connectivity index is 1.06. The van der Waals surface area contributed by atoms with Crippen LogP contribution < -0.4 is 0 Å². The van der Waals surface area contributed by atoms with Crippen LogP contribution in [-0.4, -0.2) is 19.5 Å². The molecule has 13 rings (SSSR count). The van der Waals surface area contributed by atoms with Crippen molar-refractivity contribution in [2.45, 2.75) is 0 Å². The van der Waals surface area contributed by atoms with Gasteiger partial charge in [0.15, 0.2) is 17.5 Å². The number of rotatable bonds is 4. The molecule has 0 unspecified atom stereocenters. The number of thiophene rings is 3. The van der Waals surface area contributed by atoms with Crippen molar-refractivity contribution >= 4 is 116 Å². The van der Waals surface area contributed by atoms with Crippen LogP contribution in [0.15, 0.2) is 170 Å². The van der Waals surface area contributed by atoms with Gasteiger partial charge in [0.25, 0.3) is 0 Å². The number of para-hydroxylation sites is 1. The molecule has 0 radical (unpaired) electrons. The largest absolute Gasteiger partial charge is 0.309 e. The smallest absolute Gasteiger partial charge is 0.165 e. The van der Waals surface area contributed by atoms with Crippen molar-refractivity contribution in [3.8, 4) is 39.9 Å². The average Bonchev–Trinajstić information content (AvgIpc) is 4.05. The lowest BCUT2D eigenvalue weighted by Gasteiger charge is -2.11. The van der Waals surface area contributed by atoms with Crippen molar-refractivity contribution in [1.82, 2.24) is 19.5 Å². The quantitative estimate of drug-likeness (QED) is 0.178. The molecule has 8 aromatic carbocycles. The minimum Gasteiger partial charge on any atom is -0.309 e. The molecule has 0 aliphatic rings. The van der Waals surface area contributed by atoms with E-state index in [4.69, 9.17) is 15.0 Å². The van der Waals surface area contributed by atoms with E-state index in [1.807, 2.05) is 40.9 Å². The Hall–Kier alpha value is -6.77. The first-order valence-corrected chi connectivity index (χ1v) is 21.7. The Bertz CT molecular complexity index is 3810. The summed E-state index contributed by atoms with van der Waals surface area (Å²) in [6, 6.07) is 61.0. The van der Waals surface area contributed by atoms with Gasteiger partial charge in [-0.05, 0) is 54.6 Å². The normalized spacial score (nSPS) is 12.1. The molecule has 0 aliphatic heterocycles. The second-order valence-electron chi connectivity index (χ2n) is 14.7. The Kier molecular flexibility index (Phi) is 6.89. The maximum atomic E-state index is 5.34. The summed E-state index contributed by atoms with van der Waals surface area (Å²) in [5.41, 5.74) is 6.52. The van der Waals surface area contributed by atoms with Gasteiger partial charge in [-0.3, -0.25) is 0 Å². The topological polar surface area (TPSA) is 43.6 Å². The highest BCUT2D eigenvalue weighted by molar-refractivity contribution is 7.27. The monoisotopic (exact) mass is 792 g/mol. The Labute approximate surface area is 343 Å². The van der Waals surface area contributed by atoms with E-state index in [1.54, 1.807) is 11.3 Å². The van der Waals surface area contributed by atoms with E-state index in [1.165, 1.54) is 76.9 Å². The SMILES string of the molecule is c1ccc(-c2nc(-c3cccc4c3sc3ccccc34)nc(-c3cccc4sc5ccc(-n6c7ccccc7c7c8sc9ccccc9c8ccc76)cc5c34)n2)cc1. The molecule has 0 saturated carbocycles. The number of fused-ring (bicyclic) bond motifs is 13. The maximum absolute atomic E-state index is 5.34. The van der Waals surface area contributed by atoms with Gasteiger partial charge in [-0.2, -0.15) is 0 Å². The van der Waals surface area contributed by atoms with Gasteiger partial charge < -0.3 is 4.57 Å². The third kappa shape index (κ3) is 4.69. The zero-order valence-corrected chi connectivity index (χ0v) is 33.1. The molecule has 270 valence electrons. The molecule has 0 saturated heterocycles. The number of benzene rings is 8. The Morgan fingerprint density at radius 3 is 1.78 bits per heavy atom. The first-order chi connectivity index (χ1) is 28.7. The van der Waals surface area contributed by atoms with Gasteiger partial charge in [-0.1, -0.05) is 115 Å². The predicted octanol–water partition coefficient (Wildman–Crippen LogP) is 15.1. The molecule has 58 heavy (non-hydrogen) atoms. The maximum Gasteiger partial charge on any atom is 0.165 e. The van der Waals surface area contributed by atoms with Crippen LogP contribution in [0.5, 0.6) is 0 Å². The minimum atomic E-state index is 0.661. The lowest BCUT2D eigenvalue weighted by molar-refractivity contribution is 1.08. The zero-order chi connectivity index (χ0) is 37.9. The summed E-state index contributed by atoms with van der Waals surface area (Å²) in [4.78, 5) is 15.8. The lowest BCUT2D eigenvalue weighted by atomic mass is 10.0. The van der Waals surface area contributed by atoms with Crippen LogP contribution in [0.1, 0.15) is 0 Å². The molecule has 0 bridgehead atoms. The molecule has 5 aromatic heterocycles. The highest BCUT2D eigenvalue weighted by Crippen LogP contribution is 2.46. The van der Waals surface area contributed by atoms with E-state index >= 15 is 0 Å². The molecule has 0 amide bonds. The molecule has 4 nitrogen and oxygen atoms in total. The van der Waals surface area contributed by atoms with Crippen molar-refractivity contribution in [3.05, 3.63) is 170 Å². The average molecular weight is 793 g/mol. The third-order valence-electron chi connectivity index (χ3n) is 11.5. The van der Waals surface area contributed by atoms with E-state index in [0.717, 1.165) is 27.8 Å². The molecule has 0 N–H and O–H groups in total. The molecular formula is C51H28N4S3. The Morgan fingerprint density at radius 2 is 0.948 bits per heavy atom. The van der Waals surface area contributed by atoms with Crippen LogP contribution in [0.2, 0.25) is 0 Å². The summed E-state index contributed by atoms with van der Waals surface area (Å²) >= 11 is 5.50. The van der Waals surface area contributed by atoms with Gasteiger partial charge in [-0.15, -0.1) is 34.0 Å². The van der Waals surface area contributed by atoms with Gasteiger partial charge >= 0.3 is 0 Å². The molecule has 0 aliphatic carbocycles. The standard InChI is InChI=1S/C51H28N4S3/c1-2-12-29(13-3-1)49-52-50(54-51(53-49)37-19-10-17-33-31-14-5-8-21-41(31)57-47(33)37)36-18-11-23-44-45(36)38-28-30(24-27-43(38)56-44)55-39-20-7-4-16-35(39)46-40(55)26-25-34-32-15-6-9-22-42(32)58-48(34)46/h1-28H. The molecule has 0 spiro atoms. The molecular weight excluding hydrogens is 765 g/mol. The predicted molar refractivity (Wildman–Crippen MR) is 249 cm³/mol. The van der Waals surface area contributed by atoms with Crippen LogP contribution in [0.3, 0.4) is 0 Å². The number of aromatic nitrogens is 4. The van der Waals surface area contributed by atoms with Crippen LogP contribution in [-0.2, 0) is 0 Å². The van der Waals surface area contributed by atoms with Crippen LogP contribution in [0.25, 0.3) is 122 Å². The van der Waals surface area contributed by atoms with Gasteiger partial charge in [0.05, 0.1) is 11.0 Å². The van der Waals surface area contributed by atoms with Gasteiger partial charge in [0, 0.05) is 93.7 Å². The third-order valence-corrected chi connectivity index (χ3v) is 15.0. The lowest BCUT2D eigenvalue weighted by Crippen LogP contribution is -2.00. The molecule has 0 fully saturated rings. The van der Waals surface area contributed by atoms with Gasteiger partial charge in [-0.25, -0.2) is 15.0 Å². The first kappa shape index (κ1) is 32.3. The van der Waals surface area contributed by atoms with Crippen LogP contribution >= 0.6 is 34.0 Å². The van der Waals surface area contributed by atoms with E-state index in [0.29, 0.717) is 17.5 Å². The summed E-state index contributed by atoms with van der Waals surface area (Å²) in [5.74, 6) is 2.01. The highest BCUT2D eigenvalue weighted by Gasteiger charge is 2.21. The second-order valence-corrected chi connectivity index (χ2v) is 17.9. The van der Waals surface area contributed by atoms with Gasteiger partial charge in [0.2, 0.25) is 0 Å². The first-order valence-electron chi connectivity index (χ1n) is 19.3. The number of nitrogens with zero attached hydrogens (tertiary/aromatic N) is 4. The van der Waals surface area contributed by atoms with E-state index in [-0.39, 0.29) is 0 Å². The molecule has 13 aromatic rings. The van der Waals surface area contributed by atoms with Gasteiger partial charge in [0.1, 0.15) is 0 Å². The molecule has 7 heteroatoms. The summed E-state index contributed by atoms with van der Waals surface area (Å²) in [6.45, 7) is 0. The number of hydrogen-bond acceptors (Lipinski definition) is 6. The number of hydrogen-bond donors (Lipinski definition) is 0. The summed E-state index contributed by atoms with van der Waals surface area (Å²) in [5, 5.41) is 10.0. The van der Waals surface area contributed by atoms with Crippen LogP contribution in [0, 0.1) is 0 Å². The van der Waals surface area contributed by atoms with Crippen LogP contribution in [0.4, 0.5) is 0 Å². The Morgan fingerprint density at radius 1 is 0.345 bits per heavy atom. The second kappa shape index (κ2) is 12.4. The van der Waals surface area contributed by atoms with Crippen molar-refractivity contribution in [2.75, 3.05) is 0 Å². The summed E-state index contributed by atoms with van der Waals surface area (Å²) in [6.07, 6.45) is 0. The van der Waals surface area contributed by atoms with Crippen molar-refractivity contribution in [2.24, 2.45) is 0 Å². The zero-order valence-electron chi connectivity index (χ0n) is 30.7.